The van der Waals surface area contributed by atoms with Crippen molar-refractivity contribution in [3.63, 3.8) is 0 Å². The van der Waals surface area contributed by atoms with Crippen LogP contribution >= 0.6 is 0 Å². The van der Waals surface area contributed by atoms with Crippen molar-refractivity contribution in [3.05, 3.63) is 69.8 Å². The van der Waals surface area contributed by atoms with E-state index in [1.807, 2.05) is 0 Å². The predicted molar refractivity (Wildman–Crippen MR) is 125 cm³/mol. The molecule has 0 heterocycles. The number of hydrogen-bond donors (Lipinski definition) is 0. The van der Waals surface area contributed by atoms with Crippen LogP contribution in [0.25, 0.3) is 0 Å². The van der Waals surface area contributed by atoms with E-state index < -0.39 is 40.8 Å². The predicted octanol–water partition coefficient (Wildman–Crippen LogP) is 3.65. The number of rotatable bonds is 6. The van der Waals surface area contributed by atoms with E-state index in [0.29, 0.717) is 25.7 Å². The maximum absolute atomic E-state index is 13.3. The highest BCUT2D eigenvalue weighted by Crippen LogP contribution is 2.37. The van der Waals surface area contributed by atoms with Crippen LogP contribution in [-0.4, -0.2) is 40.5 Å². The Labute approximate surface area is 206 Å². The Morgan fingerprint density at radius 2 is 0.889 bits per heavy atom. The lowest BCUT2D eigenvalue weighted by molar-refractivity contribution is -0.127. The van der Waals surface area contributed by atoms with E-state index in [1.165, 1.54) is 36.4 Å². The summed E-state index contributed by atoms with van der Waals surface area (Å²) in [6.07, 6.45) is 4.54. The smallest absolute Gasteiger partial charge is 0.193 e. The molecule has 2 saturated carbocycles. The molecule has 36 heavy (non-hydrogen) atoms. The van der Waals surface area contributed by atoms with E-state index in [9.17, 15) is 33.6 Å². The molecule has 0 spiro atoms. The average molecular weight is 482 g/mol. The van der Waals surface area contributed by atoms with E-state index >= 15 is 0 Å². The third-order valence-corrected chi connectivity index (χ3v) is 8.26. The standard InChI is InChI=1S/C29H22O7/c30-23(15-7-9-17-19(11-15)28(35)21(26(17)33)24(31)13-3-1-4-13)16-8-10-18-20(12-16)29(36)22(27(18)34)25(32)14-5-2-6-14/h7-14,21-22H,1-6H2. The molecule has 0 aromatic heterocycles. The van der Waals surface area contributed by atoms with Gasteiger partial charge in [-0.2, -0.15) is 0 Å². The molecule has 4 aliphatic carbocycles. The minimum Gasteiger partial charge on any atom is -0.298 e. The number of fused-ring (bicyclic) bond motifs is 2. The third-order valence-electron chi connectivity index (χ3n) is 8.26. The van der Waals surface area contributed by atoms with Gasteiger partial charge in [-0.05, 0) is 49.9 Å². The zero-order valence-electron chi connectivity index (χ0n) is 19.4. The summed E-state index contributed by atoms with van der Waals surface area (Å²) in [5.74, 6) is -6.54. The Bertz CT molecular complexity index is 1330. The summed E-state index contributed by atoms with van der Waals surface area (Å²) in [5.41, 5.74) is 0.655. The first kappa shape index (κ1) is 22.6. The lowest BCUT2D eigenvalue weighted by atomic mass is 9.76. The Morgan fingerprint density at radius 1 is 0.528 bits per heavy atom. The first-order valence-corrected chi connectivity index (χ1v) is 12.3. The van der Waals surface area contributed by atoms with Crippen LogP contribution in [0.5, 0.6) is 0 Å². The fraction of sp³-hybridized carbons (Fsp3) is 0.345. The SMILES string of the molecule is O=C(c1ccc2c(c1)C(=O)C(C(=O)C1CCC1)C2=O)c1ccc2c(c1)C(=O)C(C(=O)C1CCC1)C2=O. The van der Waals surface area contributed by atoms with Crippen molar-refractivity contribution in [1.29, 1.82) is 0 Å². The summed E-state index contributed by atoms with van der Waals surface area (Å²) in [7, 11) is 0. The number of carbonyl (C=O) groups is 7. The zero-order valence-corrected chi connectivity index (χ0v) is 19.4. The second kappa shape index (κ2) is 8.08. The van der Waals surface area contributed by atoms with Gasteiger partial charge in [-0.1, -0.05) is 25.0 Å². The van der Waals surface area contributed by atoms with Gasteiger partial charge in [0.1, 0.15) is 11.8 Å². The summed E-state index contributed by atoms with van der Waals surface area (Å²) < 4.78 is 0. The van der Waals surface area contributed by atoms with Crippen molar-refractivity contribution < 1.29 is 33.6 Å². The van der Waals surface area contributed by atoms with Gasteiger partial charge in [-0.25, -0.2) is 0 Å². The van der Waals surface area contributed by atoms with E-state index in [-0.39, 0.29) is 56.8 Å². The molecule has 2 aromatic carbocycles. The van der Waals surface area contributed by atoms with Crippen LogP contribution in [0.3, 0.4) is 0 Å². The van der Waals surface area contributed by atoms with Crippen LogP contribution in [0.1, 0.15) is 95.9 Å². The lowest BCUT2D eigenvalue weighted by Gasteiger charge is -2.25. The van der Waals surface area contributed by atoms with Gasteiger partial charge in [-0.15, -0.1) is 0 Å². The Morgan fingerprint density at radius 3 is 1.22 bits per heavy atom. The summed E-state index contributed by atoms with van der Waals surface area (Å²) in [6, 6.07) is 8.29. The largest absolute Gasteiger partial charge is 0.298 e. The molecule has 7 nitrogen and oxygen atoms in total. The number of hydrogen-bond acceptors (Lipinski definition) is 7. The van der Waals surface area contributed by atoms with Crippen LogP contribution in [0.15, 0.2) is 36.4 Å². The van der Waals surface area contributed by atoms with Crippen molar-refractivity contribution in [3.8, 4) is 0 Å². The molecule has 2 unspecified atom stereocenters. The van der Waals surface area contributed by atoms with Gasteiger partial charge in [0.2, 0.25) is 0 Å². The van der Waals surface area contributed by atoms with Gasteiger partial charge < -0.3 is 0 Å². The molecule has 2 atom stereocenters. The van der Waals surface area contributed by atoms with Crippen molar-refractivity contribution in [2.75, 3.05) is 0 Å². The molecular weight excluding hydrogens is 460 g/mol. The van der Waals surface area contributed by atoms with Gasteiger partial charge in [0.05, 0.1) is 0 Å². The first-order valence-electron chi connectivity index (χ1n) is 12.3. The highest BCUT2D eigenvalue weighted by molar-refractivity contribution is 6.37. The zero-order chi connectivity index (χ0) is 25.3. The number of benzene rings is 2. The normalized spacial score (nSPS) is 23.2. The Balaban J connectivity index is 1.28. The highest BCUT2D eigenvalue weighted by atomic mass is 16.2. The summed E-state index contributed by atoms with van der Waals surface area (Å²) >= 11 is 0. The van der Waals surface area contributed by atoms with Gasteiger partial charge in [-0.3, -0.25) is 33.6 Å². The van der Waals surface area contributed by atoms with E-state index in [0.717, 1.165) is 12.8 Å². The maximum Gasteiger partial charge on any atom is 0.193 e. The molecule has 4 aliphatic rings. The molecule has 2 fully saturated rings. The van der Waals surface area contributed by atoms with E-state index in [1.54, 1.807) is 0 Å². The molecule has 0 bridgehead atoms. The van der Waals surface area contributed by atoms with Gasteiger partial charge in [0, 0.05) is 45.2 Å². The molecule has 0 radical (unpaired) electrons. The van der Waals surface area contributed by atoms with Gasteiger partial charge in [0.15, 0.2) is 40.5 Å². The number of ketones is 7. The summed E-state index contributed by atoms with van der Waals surface area (Å²) in [6.45, 7) is 0. The van der Waals surface area contributed by atoms with Crippen molar-refractivity contribution in [2.24, 2.45) is 23.7 Å². The second-order valence-electron chi connectivity index (χ2n) is 10.2. The molecular formula is C29H22O7. The van der Waals surface area contributed by atoms with Crippen molar-refractivity contribution in [2.45, 2.75) is 38.5 Å². The summed E-state index contributed by atoms with van der Waals surface area (Å²) in [5, 5.41) is 0. The fourth-order valence-corrected chi connectivity index (χ4v) is 5.61. The molecule has 180 valence electrons. The van der Waals surface area contributed by atoms with Crippen molar-refractivity contribution >= 4 is 40.5 Å². The van der Waals surface area contributed by atoms with Gasteiger partial charge >= 0.3 is 0 Å². The molecule has 0 N–H and O–H groups in total. The minimum absolute atomic E-state index is 0.0575. The molecule has 0 saturated heterocycles. The topological polar surface area (TPSA) is 119 Å². The summed E-state index contributed by atoms with van der Waals surface area (Å²) in [4.78, 5) is 90.1. The Hall–Kier alpha value is -3.87. The lowest BCUT2D eigenvalue weighted by Crippen LogP contribution is -2.34. The molecule has 6 rings (SSSR count). The van der Waals surface area contributed by atoms with Crippen LogP contribution in [-0.2, 0) is 9.59 Å². The molecule has 7 heteroatoms. The minimum atomic E-state index is -1.33. The fourth-order valence-electron chi connectivity index (χ4n) is 5.61. The molecule has 0 amide bonds. The van der Waals surface area contributed by atoms with Crippen LogP contribution in [0.4, 0.5) is 0 Å². The van der Waals surface area contributed by atoms with Crippen LogP contribution < -0.4 is 0 Å². The number of carbonyl (C=O) groups excluding carboxylic acids is 7. The van der Waals surface area contributed by atoms with Crippen molar-refractivity contribution in [1.82, 2.24) is 0 Å². The molecule has 2 aromatic rings. The number of Topliss-reactive ketones (excluding diaryl/α,β-unsaturated/α-hetero) is 6. The first-order chi connectivity index (χ1) is 17.3. The molecule has 0 aliphatic heterocycles. The van der Waals surface area contributed by atoms with E-state index in [2.05, 4.69) is 0 Å². The second-order valence-corrected chi connectivity index (χ2v) is 10.2. The third kappa shape index (κ3) is 3.15. The quantitative estimate of drug-likeness (QED) is 0.455. The average Bonchev–Trinajstić information content (AvgIpc) is 3.19. The van der Waals surface area contributed by atoms with Crippen LogP contribution in [0.2, 0.25) is 0 Å². The van der Waals surface area contributed by atoms with Gasteiger partial charge in [0.25, 0.3) is 0 Å². The highest BCUT2D eigenvalue weighted by Gasteiger charge is 2.48. The maximum atomic E-state index is 13.3. The van der Waals surface area contributed by atoms with E-state index in [4.69, 9.17) is 0 Å². The monoisotopic (exact) mass is 482 g/mol. The Kier molecular flexibility index (Phi) is 5.07. The van der Waals surface area contributed by atoms with Crippen LogP contribution in [0, 0.1) is 23.7 Å².